The van der Waals surface area contributed by atoms with Crippen molar-refractivity contribution in [1.29, 1.82) is 0 Å². The second kappa shape index (κ2) is 9.61. The first-order valence-corrected chi connectivity index (χ1v) is 12.1. The van der Waals surface area contributed by atoms with Crippen LogP contribution >= 0.6 is 23.2 Å². The smallest absolute Gasteiger partial charge is 0.263 e. The van der Waals surface area contributed by atoms with Crippen molar-refractivity contribution < 1.29 is 9.21 Å². The van der Waals surface area contributed by atoms with E-state index in [0.29, 0.717) is 33.1 Å². The molecular weight excluding hydrogens is 477 g/mol. The first-order chi connectivity index (χ1) is 16.9. The molecule has 174 valence electrons. The van der Waals surface area contributed by atoms with E-state index in [1.165, 1.54) is 5.56 Å². The van der Waals surface area contributed by atoms with Crippen LogP contribution in [0.1, 0.15) is 36.7 Å². The number of hydrogen-bond acceptors (Lipinski definition) is 2. The van der Waals surface area contributed by atoms with Crippen LogP contribution in [0, 0.1) is 0 Å². The van der Waals surface area contributed by atoms with E-state index in [1.54, 1.807) is 23.1 Å². The quantitative estimate of drug-likeness (QED) is 0.257. The van der Waals surface area contributed by atoms with Gasteiger partial charge in [-0.05, 0) is 71.7 Å². The first kappa shape index (κ1) is 23.2. The molecule has 1 aromatic heterocycles. The molecule has 3 aromatic carbocycles. The number of rotatable bonds is 5. The van der Waals surface area contributed by atoms with Crippen molar-refractivity contribution in [2.75, 3.05) is 4.90 Å². The number of amides is 1. The molecule has 1 aliphatic heterocycles. The van der Waals surface area contributed by atoms with Crippen molar-refractivity contribution in [3.63, 3.8) is 0 Å². The zero-order valence-electron chi connectivity index (χ0n) is 19.3. The molecule has 4 aromatic rings. The summed E-state index contributed by atoms with van der Waals surface area (Å²) in [6.07, 6.45) is 3.68. The molecular formula is C30H23Cl2NO2. The molecule has 5 rings (SSSR count). The SMILES string of the molecule is CC(C)c1ccc(N2C(=O)/C(=C/c3ccc(-c4ccc(Cl)c(Cl)c4)o3)C=C2c2ccccc2)cc1. The van der Waals surface area contributed by atoms with Crippen LogP contribution in [0.2, 0.25) is 10.0 Å². The Hall–Kier alpha value is -3.53. The molecule has 0 radical (unpaired) electrons. The summed E-state index contributed by atoms with van der Waals surface area (Å²) in [5.41, 5.74) is 5.21. The normalized spacial score (nSPS) is 14.8. The first-order valence-electron chi connectivity index (χ1n) is 11.4. The maximum absolute atomic E-state index is 13.6. The topological polar surface area (TPSA) is 33.5 Å². The molecule has 0 unspecified atom stereocenters. The van der Waals surface area contributed by atoms with Gasteiger partial charge in [-0.1, -0.05) is 79.5 Å². The average molecular weight is 500 g/mol. The Bertz CT molecular complexity index is 1450. The Morgan fingerprint density at radius 1 is 0.829 bits per heavy atom. The fourth-order valence-electron chi connectivity index (χ4n) is 4.09. The van der Waals surface area contributed by atoms with E-state index in [0.717, 1.165) is 22.5 Å². The number of benzene rings is 3. The Morgan fingerprint density at radius 2 is 1.57 bits per heavy atom. The van der Waals surface area contributed by atoms with E-state index in [1.807, 2.05) is 66.7 Å². The molecule has 35 heavy (non-hydrogen) atoms. The molecule has 0 atom stereocenters. The average Bonchev–Trinajstić information content (AvgIpc) is 3.46. The molecule has 0 saturated carbocycles. The Morgan fingerprint density at radius 3 is 2.26 bits per heavy atom. The minimum absolute atomic E-state index is 0.103. The molecule has 0 bridgehead atoms. The van der Waals surface area contributed by atoms with Gasteiger partial charge in [-0.25, -0.2) is 0 Å². The highest BCUT2D eigenvalue weighted by atomic mass is 35.5. The molecule has 2 heterocycles. The van der Waals surface area contributed by atoms with Gasteiger partial charge < -0.3 is 4.42 Å². The van der Waals surface area contributed by atoms with Gasteiger partial charge in [0.05, 0.1) is 15.7 Å². The summed E-state index contributed by atoms with van der Waals surface area (Å²) in [4.78, 5) is 15.4. The van der Waals surface area contributed by atoms with Crippen molar-refractivity contribution in [2.24, 2.45) is 0 Å². The summed E-state index contributed by atoms with van der Waals surface area (Å²) >= 11 is 12.2. The summed E-state index contributed by atoms with van der Waals surface area (Å²) in [6, 6.07) is 27.1. The Kier molecular flexibility index (Phi) is 6.38. The van der Waals surface area contributed by atoms with Crippen LogP contribution < -0.4 is 4.90 Å². The van der Waals surface area contributed by atoms with Gasteiger partial charge in [-0.3, -0.25) is 9.69 Å². The molecule has 0 spiro atoms. The summed E-state index contributed by atoms with van der Waals surface area (Å²) in [6.45, 7) is 4.31. The molecule has 1 amide bonds. The highest BCUT2D eigenvalue weighted by molar-refractivity contribution is 6.42. The summed E-state index contributed by atoms with van der Waals surface area (Å²) in [7, 11) is 0. The summed E-state index contributed by atoms with van der Waals surface area (Å²) in [5, 5.41) is 0.946. The molecule has 0 fully saturated rings. The predicted molar refractivity (Wildman–Crippen MR) is 145 cm³/mol. The molecule has 3 nitrogen and oxygen atoms in total. The summed E-state index contributed by atoms with van der Waals surface area (Å²) < 4.78 is 6.02. The second-order valence-corrected chi connectivity index (χ2v) is 9.53. The standard InChI is InChI=1S/C30H23Cl2NO2/c1-19(2)20-8-11-24(12-9-20)33-28(21-6-4-3-5-7-21)18-23(30(33)34)16-25-13-15-29(35-25)22-10-14-26(31)27(32)17-22/h3-19H,1-2H3/b23-16+. The lowest BCUT2D eigenvalue weighted by atomic mass is 10.0. The van der Waals surface area contributed by atoms with Crippen LogP contribution in [0.5, 0.6) is 0 Å². The van der Waals surface area contributed by atoms with E-state index < -0.39 is 0 Å². The molecule has 0 N–H and O–H groups in total. The molecule has 1 aliphatic rings. The van der Waals surface area contributed by atoms with Crippen LogP contribution in [0.4, 0.5) is 5.69 Å². The van der Waals surface area contributed by atoms with Gasteiger partial charge in [0.15, 0.2) is 0 Å². The van der Waals surface area contributed by atoms with E-state index in [9.17, 15) is 4.79 Å². The largest absolute Gasteiger partial charge is 0.457 e. The number of carbonyl (C=O) groups is 1. The zero-order chi connectivity index (χ0) is 24.5. The minimum atomic E-state index is -0.103. The summed E-state index contributed by atoms with van der Waals surface area (Å²) in [5.74, 6) is 1.54. The molecule has 0 saturated heterocycles. The number of furan rings is 1. The van der Waals surface area contributed by atoms with Crippen molar-refractivity contribution in [3.8, 4) is 11.3 Å². The highest BCUT2D eigenvalue weighted by Crippen LogP contribution is 2.36. The van der Waals surface area contributed by atoms with E-state index >= 15 is 0 Å². The number of halogens is 2. The van der Waals surface area contributed by atoms with Crippen molar-refractivity contribution in [2.45, 2.75) is 19.8 Å². The monoisotopic (exact) mass is 499 g/mol. The Labute approximate surface area is 214 Å². The van der Waals surface area contributed by atoms with Gasteiger partial charge in [-0.15, -0.1) is 0 Å². The Balaban J connectivity index is 1.52. The maximum Gasteiger partial charge on any atom is 0.263 e. The fraction of sp³-hybridized carbons (Fsp3) is 0.100. The van der Waals surface area contributed by atoms with Crippen LogP contribution in [0.25, 0.3) is 23.1 Å². The fourth-order valence-corrected chi connectivity index (χ4v) is 4.39. The third kappa shape index (κ3) is 4.70. The highest BCUT2D eigenvalue weighted by Gasteiger charge is 2.30. The van der Waals surface area contributed by atoms with E-state index in [-0.39, 0.29) is 5.91 Å². The zero-order valence-corrected chi connectivity index (χ0v) is 20.8. The maximum atomic E-state index is 13.6. The number of anilines is 1. The number of hydrogen-bond donors (Lipinski definition) is 0. The molecule has 0 aliphatic carbocycles. The third-order valence-corrected chi connectivity index (χ3v) is 6.74. The number of carbonyl (C=O) groups excluding carboxylic acids is 1. The number of nitrogens with zero attached hydrogens (tertiary/aromatic N) is 1. The van der Waals surface area contributed by atoms with Gasteiger partial charge in [0, 0.05) is 16.8 Å². The van der Waals surface area contributed by atoms with Crippen LogP contribution in [0.3, 0.4) is 0 Å². The lowest BCUT2D eigenvalue weighted by Crippen LogP contribution is -2.24. The lowest BCUT2D eigenvalue weighted by Gasteiger charge is -2.21. The van der Waals surface area contributed by atoms with E-state index in [2.05, 4.69) is 26.0 Å². The van der Waals surface area contributed by atoms with Gasteiger partial charge >= 0.3 is 0 Å². The molecule has 5 heteroatoms. The van der Waals surface area contributed by atoms with Crippen LogP contribution in [-0.2, 0) is 4.79 Å². The third-order valence-electron chi connectivity index (χ3n) is 6.00. The minimum Gasteiger partial charge on any atom is -0.457 e. The van der Waals surface area contributed by atoms with Crippen molar-refractivity contribution in [3.05, 3.63) is 124 Å². The van der Waals surface area contributed by atoms with Crippen LogP contribution in [0.15, 0.2) is 101 Å². The van der Waals surface area contributed by atoms with Gasteiger partial charge in [0.1, 0.15) is 11.5 Å². The predicted octanol–water partition coefficient (Wildman–Crippen LogP) is 8.85. The van der Waals surface area contributed by atoms with Crippen LogP contribution in [-0.4, -0.2) is 5.91 Å². The lowest BCUT2D eigenvalue weighted by molar-refractivity contribution is -0.113. The van der Waals surface area contributed by atoms with Gasteiger partial charge in [-0.2, -0.15) is 0 Å². The van der Waals surface area contributed by atoms with Gasteiger partial charge in [0.2, 0.25) is 0 Å². The van der Waals surface area contributed by atoms with Gasteiger partial charge in [0.25, 0.3) is 5.91 Å². The van der Waals surface area contributed by atoms with E-state index in [4.69, 9.17) is 27.6 Å². The second-order valence-electron chi connectivity index (χ2n) is 8.71. The van der Waals surface area contributed by atoms with Crippen molar-refractivity contribution in [1.82, 2.24) is 0 Å². The van der Waals surface area contributed by atoms with Crippen molar-refractivity contribution >= 4 is 46.6 Å².